The van der Waals surface area contributed by atoms with E-state index in [-0.39, 0.29) is 23.8 Å². The number of nitrogens with zero attached hydrogens (tertiary/aromatic N) is 1. The van der Waals surface area contributed by atoms with Gasteiger partial charge >= 0.3 is 5.97 Å². The maximum Gasteiger partial charge on any atom is 0.350 e. The fourth-order valence-corrected chi connectivity index (χ4v) is 7.67. The molecule has 0 bridgehead atoms. The van der Waals surface area contributed by atoms with Gasteiger partial charge in [-0.25, -0.2) is 4.79 Å². The van der Waals surface area contributed by atoms with Crippen LogP contribution in [-0.2, 0) is 20.7 Å². The average Bonchev–Trinajstić information content (AvgIpc) is 3.26. The molecule has 0 radical (unpaired) electrons. The van der Waals surface area contributed by atoms with Crippen LogP contribution in [0.3, 0.4) is 0 Å². The van der Waals surface area contributed by atoms with Crippen molar-refractivity contribution < 1.29 is 18.9 Å². The highest BCUT2D eigenvalue weighted by Crippen LogP contribution is 2.41. The maximum absolute atomic E-state index is 13.9. The second-order valence-corrected chi connectivity index (χ2v) is 12.3. The summed E-state index contributed by atoms with van der Waals surface area (Å²) in [6.45, 7) is 2.26. The van der Waals surface area contributed by atoms with Crippen LogP contribution in [0.15, 0.2) is 12.1 Å². The van der Waals surface area contributed by atoms with Crippen LogP contribution in [0.4, 0.5) is 5.69 Å². The molecule has 176 valence electrons. The molecular weight excluding hydrogens is 442 g/mol. The Kier molecular flexibility index (Phi) is 8.00. The van der Waals surface area contributed by atoms with Gasteiger partial charge in [-0.2, -0.15) is 0 Å². The van der Waals surface area contributed by atoms with Crippen molar-refractivity contribution in [3.05, 3.63) is 21.9 Å². The van der Waals surface area contributed by atoms with E-state index in [4.69, 9.17) is 4.74 Å². The number of ether oxygens (including phenoxy) is 1. The third-order valence-corrected chi connectivity index (χ3v) is 9.84. The van der Waals surface area contributed by atoms with E-state index in [1.165, 1.54) is 30.4 Å². The van der Waals surface area contributed by atoms with Crippen molar-refractivity contribution in [3.8, 4) is 0 Å². The van der Waals surface area contributed by atoms with Gasteiger partial charge in [0.1, 0.15) is 16.4 Å². The molecule has 0 spiro atoms. The summed E-state index contributed by atoms with van der Waals surface area (Å²) in [5.41, 5.74) is 1.99. The molecule has 2 heterocycles. The minimum Gasteiger partial charge on any atom is -0.616 e. The van der Waals surface area contributed by atoms with Crippen LogP contribution in [0.2, 0.25) is 0 Å². The third kappa shape index (κ3) is 5.26. The van der Waals surface area contributed by atoms with Crippen molar-refractivity contribution in [2.45, 2.75) is 77.2 Å². The molecule has 0 aromatic carbocycles. The summed E-state index contributed by atoms with van der Waals surface area (Å²) in [4.78, 5) is 30.2. The number of anilines is 1. The van der Waals surface area contributed by atoms with E-state index < -0.39 is 11.2 Å². The summed E-state index contributed by atoms with van der Waals surface area (Å²) in [6, 6.07) is 2.05. The number of thiophene rings is 1. The van der Waals surface area contributed by atoms with Gasteiger partial charge in [0.2, 0.25) is 5.91 Å². The molecule has 3 aliphatic rings. The molecule has 1 saturated carbocycles. The lowest BCUT2D eigenvalue weighted by Crippen LogP contribution is -2.48. The Balaban J connectivity index is 1.72. The lowest BCUT2D eigenvalue weighted by atomic mass is 9.82. The predicted molar refractivity (Wildman–Crippen MR) is 132 cm³/mol. The predicted octanol–water partition coefficient (Wildman–Crippen LogP) is 5.56. The van der Waals surface area contributed by atoms with Crippen LogP contribution in [0, 0.1) is 11.8 Å². The fraction of sp³-hybridized carbons (Fsp3) is 0.680. The van der Waals surface area contributed by atoms with Gasteiger partial charge in [-0.1, -0.05) is 24.2 Å². The highest BCUT2D eigenvalue weighted by Gasteiger charge is 2.38. The zero-order valence-electron chi connectivity index (χ0n) is 19.3. The van der Waals surface area contributed by atoms with Crippen LogP contribution >= 0.6 is 11.3 Å². The standard InChI is InChI=1S/C25H35NO4S2/c1-17-8-10-19(11-9-17)24(27)26(20-12-14-32(29)15-13-20)21-16-22(18-6-4-3-5-7-18)31-23(21)25(28)30-2/h6,16-17,19-20H,3-5,7-15H2,1-2H3/t17-,19-,20?,32?. The monoisotopic (exact) mass is 477 g/mol. The minimum absolute atomic E-state index is 0.00127. The molecule has 1 saturated heterocycles. The van der Waals surface area contributed by atoms with Crippen LogP contribution in [-0.4, -0.2) is 41.1 Å². The number of allylic oxidation sites excluding steroid dienone is 2. The van der Waals surface area contributed by atoms with Gasteiger partial charge in [0.25, 0.3) is 0 Å². The largest absolute Gasteiger partial charge is 0.616 e. The van der Waals surface area contributed by atoms with Crippen molar-refractivity contribution in [2.75, 3.05) is 23.5 Å². The Morgan fingerprint density at radius 3 is 2.47 bits per heavy atom. The minimum atomic E-state index is -0.807. The second kappa shape index (κ2) is 10.7. The van der Waals surface area contributed by atoms with Gasteiger partial charge in [0.15, 0.2) is 0 Å². The number of rotatable bonds is 5. The lowest BCUT2D eigenvalue weighted by molar-refractivity contribution is -0.124. The Bertz CT molecular complexity index is 848. The smallest absolute Gasteiger partial charge is 0.350 e. The zero-order chi connectivity index (χ0) is 22.7. The van der Waals surface area contributed by atoms with Crippen molar-refractivity contribution in [1.29, 1.82) is 0 Å². The molecule has 1 aromatic rings. The first-order valence-corrected chi connectivity index (χ1v) is 14.4. The molecule has 4 rings (SSSR count). The molecule has 1 aliphatic heterocycles. The van der Waals surface area contributed by atoms with E-state index in [0.29, 0.717) is 28.0 Å². The molecule has 2 fully saturated rings. The first kappa shape index (κ1) is 23.8. The first-order chi connectivity index (χ1) is 15.5. The van der Waals surface area contributed by atoms with E-state index in [2.05, 4.69) is 19.1 Å². The Hall–Kier alpha value is -1.31. The molecule has 0 atom stereocenters. The molecule has 0 unspecified atom stereocenters. The molecule has 1 amide bonds. The van der Waals surface area contributed by atoms with E-state index in [0.717, 1.165) is 62.7 Å². The molecule has 2 aliphatic carbocycles. The molecule has 5 nitrogen and oxygen atoms in total. The third-order valence-electron chi connectivity index (χ3n) is 7.28. The summed E-state index contributed by atoms with van der Waals surface area (Å²) < 4.78 is 17.2. The van der Waals surface area contributed by atoms with E-state index in [1.54, 1.807) is 0 Å². The van der Waals surface area contributed by atoms with Crippen molar-refractivity contribution in [3.63, 3.8) is 0 Å². The molecule has 7 heteroatoms. The summed E-state index contributed by atoms with van der Waals surface area (Å²) in [5, 5.41) is 0. The fourth-order valence-electron chi connectivity index (χ4n) is 5.26. The SMILES string of the molecule is COC(=O)c1sc(C2=CCCCC2)cc1N(C(=O)[C@H]1CC[C@H](C)CC1)C1CC[S+]([O-])CC1. The van der Waals surface area contributed by atoms with Crippen molar-refractivity contribution in [2.24, 2.45) is 11.8 Å². The Labute approximate surface area is 198 Å². The lowest BCUT2D eigenvalue weighted by Gasteiger charge is -2.38. The van der Waals surface area contributed by atoms with Crippen LogP contribution in [0.1, 0.15) is 85.7 Å². The van der Waals surface area contributed by atoms with E-state index in [1.807, 2.05) is 4.90 Å². The van der Waals surface area contributed by atoms with Gasteiger partial charge in [-0.3, -0.25) is 4.79 Å². The number of hydrogen-bond donors (Lipinski definition) is 0. The molecule has 0 N–H and O–H groups in total. The number of esters is 1. The Morgan fingerprint density at radius 2 is 1.84 bits per heavy atom. The Morgan fingerprint density at radius 1 is 1.12 bits per heavy atom. The van der Waals surface area contributed by atoms with Gasteiger partial charge in [0, 0.05) is 29.7 Å². The zero-order valence-corrected chi connectivity index (χ0v) is 20.9. The van der Waals surface area contributed by atoms with Gasteiger partial charge in [0.05, 0.1) is 12.8 Å². The van der Waals surface area contributed by atoms with Crippen LogP contribution < -0.4 is 4.90 Å². The summed E-state index contributed by atoms with van der Waals surface area (Å²) in [5.74, 6) is 1.67. The highest BCUT2D eigenvalue weighted by atomic mass is 32.2. The molecule has 1 aromatic heterocycles. The molecular formula is C25H35NO4S2. The quantitative estimate of drug-likeness (QED) is 0.411. The van der Waals surface area contributed by atoms with E-state index >= 15 is 0 Å². The van der Waals surface area contributed by atoms with Gasteiger partial charge in [-0.15, -0.1) is 11.3 Å². The molecule has 32 heavy (non-hydrogen) atoms. The normalized spacial score (nSPS) is 28.7. The number of carbonyl (C=O) groups excluding carboxylic acids is 2. The topological polar surface area (TPSA) is 69.7 Å². The number of carbonyl (C=O) groups is 2. The van der Waals surface area contributed by atoms with Gasteiger partial charge < -0.3 is 14.2 Å². The van der Waals surface area contributed by atoms with Gasteiger partial charge in [-0.05, 0) is 68.9 Å². The summed E-state index contributed by atoms with van der Waals surface area (Å²) in [7, 11) is 1.41. The number of methoxy groups -OCH3 is 1. The van der Waals surface area contributed by atoms with Crippen molar-refractivity contribution >= 4 is 45.6 Å². The second-order valence-electron chi connectivity index (χ2n) is 9.54. The van der Waals surface area contributed by atoms with Crippen LogP contribution in [0.5, 0.6) is 0 Å². The average molecular weight is 478 g/mol. The van der Waals surface area contributed by atoms with Crippen LogP contribution in [0.25, 0.3) is 5.57 Å². The first-order valence-electron chi connectivity index (χ1n) is 12.1. The van der Waals surface area contributed by atoms with E-state index in [9.17, 15) is 14.1 Å². The maximum atomic E-state index is 13.9. The summed E-state index contributed by atoms with van der Waals surface area (Å²) >= 11 is 0.652. The number of amides is 1. The highest BCUT2D eigenvalue weighted by molar-refractivity contribution is 7.91. The number of hydrogen-bond acceptors (Lipinski definition) is 5. The summed E-state index contributed by atoms with van der Waals surface area (Å²) in [6.07, 6.45) is 12.1. The van der Waals surface area contributed by atoms with Crippen molar-refractivity contribution in [1.82, 2.24) is 0 Å².